The van der Waals surface area contributed by atoms with Gasteiger partial charge in [0, 0.05) is 63.4 Å². The Hall–Kier alpha value is -1.10. The van der Waals surface area contributed by atoms with Gasteiger partial charge < -0.3 is 14.8 Å². The molecule has 9 heteroatoms. The monoisotopic (exact) mass is 525 g/mol. The van der Waals surface area contributed by atoms with Crippen LogP contribution in [0, 0.1) is 0 Å². The maximum atomic E-state index is 11.8. The van der Waals surface area contributed by atoms with Gasteiger partial charge in [0.1, 0.15) is 0 Å². The number of piperidine rings is 1. The first-order chi connectivity index (χ1) is 11.4. The molecule has 140 valence electrons. The zero-order chi connectivity index (χ0) is 17.7. The van der Waals surface area contributed by atoms with E-state index in [2.05, 4.69) is 36.9 Å². The van der Waals surface area contributed by atoms with E-state index in [1.807, 2.05) is 25.2 Å². The first-order valence-corrected chi connectivity index (χ1v) is 8.77. The van der Waals surface area contributed by atoms with E-state index in [0.717, 1.165) is 16.1 Å². The second-order valence-corrected chi connectivity index (χ2v) is 6.80. The van der Waals surface area contributed by atoms with Gasteiger partial charge in [-0.25, -0.2) is 0 Å². The van der Waals surface area contributed by atoms with Crippen LogP contribution in [0.1, 0.15) is 25.0 Å². The van der Waals surface area contributed by atoms with Gasteiger partial charge in [0.05, 0.1) is 6.54 Å². The van der Waals surface area contributed by atoms with Gasteiger partial charge in [-0.1, -0.05) is 0 Å². The number of nitrogens with zero attached hydrogens (tertiary/aromatic N) is 4. The molecule has 25 heavy (non-hydrogen) atoms. The van der Waals surface area contributed by atoms with Gasteiger partial charge in [-0.15, -0.1) is 24.0 Å². The first-order valence-electron chi connectivity index (χ1n) is 7.98. The van der Waals surface area contributed by atoms with Crippen molar-refractivity contribution >= 4 is 57.7 Å². The fourth-order valence-corrected chi connectivity index (χ4v) is 3.33. The van der Waals surface area contributed by atoms with Crippen LogP contribution in [0.2, 0.25) is 0 Å². The summed E-state index contributed by atoms with van der Waals surface area (Å²) in [6.45, 7) is 1.56. The minimum atomic E-state index is -0.0787. The van der Waals surface area contributed by atoms with Gasteiger partial charge in [-0.2, -0.15) is 0 Å². The van der Waals surface area contributed by atoms with Gasteiger partial charge in [0.15, 0.2) is 5.96 Å². The Morgan fingerprint density at radius 2 is 2.00 bits per heavy atom. The summed E-state index contributed by atoms with van der Waals surface area (Å²) >= 11 is 3.47. The van der Waals surface area contributed by atoms with Gasteiger partial charge in [0.2, 0.25) is 11.8 Å². The number of hydrogen-bond acceptors (Lipinski definition) is 3. The molecule has 1 aromatic heterocycles. The molecule has 0 radical (unpaired) electrons. The molecule has 0 atom stereocenters. The Bertz CT molecular complexity index is 630. The van der Waals surface area contributed by atoms with E-state index in [-0.39, 0.29) is 35.8 Å². The number of aryl methyl sites for hydroxylation is 1. The largest absolute Gasteiger partial charge is 0.354 e. The summed E-state index contributed by atoms with van der Waals surface area (Å²) in [5.41, 5.74) is 1.15. The Balaban J connectivity index is 0.00000312. The molecule has 7 nitrogen and oxygen atoms in total. The smallest absolute Gasteiger partial charge is 0.229 e. The first kappa shape index (κ1) is 21.9. The molecule has 2 heterocycles. The topological polar surface area (TPSA) is 69.9 Å². The minimum Gasteiger partial charge on any atom is -0.354 e. The third-order valence-electron chi connectivity index (χ3n) is 4.05. The van der Waals surface area contributed by atoms with Crippen molar-refractivity contribution in [3.8, 4) is 0 Å². The second kappa shape index (κ2) is 10.1. The SMILES string of the molecule is CN=C(NCCN1C(=O)CCCC1=O)N(C)Cc1cc(Br)cn1C.I. The fraction of sp³-hybridized carbons (Fsp3) is 0.562. The molecule has 1 aliphatic rings. The van der Waals surface area contributed by atoms with Crippen molar-refractivity contribution in [1.82, 2.24) is 19.7 Å². The van der Waals surface area contributed by atoms with Gasteiger partial charge >= 0.3 is 0 Å². The van der Waals surface area contributed by atoms with Crippen molar-refractivity contribution in [2.75, 3.05) is 27.2 Å². The highest BCUT2D eigenvalue weighted by atomic mass is 127. The number of rotatable bonds is 5. The van der Waals surface area contributed by atoms with Gasteiger partial charge in [-0.05, 0) is 28.4 Å². The number of hydrogen-bond donors (Lipinski definition) is 1. The third kappa shape index (κ3) is 5.98. The number of guanidine groups is 1. The van der Waals surface area contributed by atoms with Crippen LogP contribution < -0.4 is 5.32 Å². The molecule has 0 saturated carbocycles. The third-order valence-corrected chi connectivity index (χ3v) is 4.48. The highest BCUT2D eigenvalue weighted by molar-refractivity contribution is 14.0. The molecule has 2 amide bonds. The number of aromatic nitrogens is 1. The zero-order valence-corrected chi connectivity index (χ0v) is 18.7. The number of nitrogens with one attached hydrogen (secondary N) is 1. The van der Waals surface area contributed by atoms with Crippen molar-refractivity contribution in [2.45, 2.75) is 25.8 Å². The fourth-order valence-electron chi connectivity index (χ4n) is 2.75. The maximum Gasteiger partial charge on any atom is 0.229 e. The summed E-state index contributed by atoms with van der Waals surface area (Å²) in [7, 11) is 5.67. The summed E-state index contributed by atoms with van der Waals surface area (Å²) in [5, 5.41) is 3.21. The van der Waals surface area contributed by atoms with E-state index in [9.17, 15) is 9.59 Å². The lowest BCUT2D eigenvalue weighted by Crippen LogP contribution is -2.46. The average Bonchev–Trinajstić information content (AvgIpc) is 2.83. The Labute approximate surface area is 174 Å². The predicted molar refractivity (Wildman–Crippen MR) is 112 cm³/mol. The molecule has 0 unspecified atom stereocenters. The van der Waals surface area contributed by atoms with Crippen LogP contribution in [0.15, 0.2) is 21.7 Å². The molecule has 0 aromatic carbocycles. The molecule has 1 aliphatic heterocycles. The van der Waals surface area contributed by atoms with Crippen LogP contribution >= 0.6 is 39.9 Å². The van der Waals surface area contributed by atoms with E-state index in [4.69, 9.17) is 0 Å². The molecule has 0 aliphatic carbocycles. The number of amides is 2. The van der Waals surface area contributed by atoms with Gasteiger partial charge in [0.25, 0.3) is 0 Å². The van der Waals surface area contributed by atoms with Crippen LogP contribution in [0.25, 0.3) is 0 Å². The molecule has 2 rings (SSSR count). The highest BCUT2D eigenvalue weighted by Gasteiger charge is 2.25. The zero-order valence-electron chi connectivity index (χ0n) is 14.8. The van der Waals surface area contributed by atoms with Gasteiger partial charge in [-0.3, -0.25) is 19.5 Å². The van der Waals surface area contributed by atoms with E-state index < -0.39 is 0 Å². The van der Waals surface area contributed by atoms with Crippen molar-refractivity contribution in [2.24, 2.45) is 12.0 Å². The van der Waals surface area contributed by atoms with Crippen molar-refractivity contribution in [1.29, 1.82) is 0 Å². The minimum absolute atomic E-state index is 0. The van der Waals surface area contributed by atoms with E-state index >= 15 is 0 Å². The van der Waals surface area contributed by atoms with E-state index in [1.54, 1.807) is 7.05 Å². The van der Waals surface area contributed by atoms with Crippen LogP contribution in [-0.4, -0.2) is 59.3 Å². The number of halogens is 2. The maximum absolute atomic E-state index is 11.8. The van der Waals surface area contributed by atoms with Crippen molar-refractivity contribution in [3.63, 3.8) is 0 Å². The summed E-state index contributed by atoms with van der Waals surface area (Å²) in [5.74, 6) is 0.569. The lowest BCUT2D eigenvalue weighted by molar-refractivity contribution is -0.147. The predicted octanol–water partition coefficient (Wildman–Crippen LogP) is 1.95. The summed E-state index contributed by atoms with van der Waals surface area (Å²) in [6, 6.07) is 2.06. The standard InChI is InChI=1S/C16H24BrN5O2.HI/c1-18-16(21(3)11-13-9-12(17)10-20(13)2)19-7-8-22-14(23)5-4-6-15(22)24;/h9-10H,4-8,11H2,1-3H3,(H,18,19);1H. The Kier molecular flexibility index (Phi) is 8.91. The molecule has 1 N–H and O–H groups in total. The lowest BCUT2D eigenvalue weighted by Gasteiger charge is -2.26. The van der Waals surface area contributed by atoms with Crippen LogP contribution in [-0.2, 0) is 23.2 Å². The number of imide groups is 1. The second-order valence-electron chi connectivity index (χ2n) is 5.88. The summed E-state index contributed by atoms with van der Waals surface area (Å²) in [6.07, 6.45) is 3.59. The summed E-state index contributed by atoms with van der Waals surface area (Å²) in [4.78, 5) is 31.2. The lowest BCUT2D eigenvalue weighted by atomic mass is 10.1. The van der Waals surface area contributed by atoms with E-state index in [1.165, 1.54) is 4.90 Å². The highest BCUT2D eigenvalue weighted by Crippen LogP contribution is 2.15. The molecular weight excluding hydrogens is 501 g/mol. The van der Waals surface area contributed by atoms with Crippen molar-refractivity contribution < 1.29 is 9.59 Å². The molecule has 1 aromatic rings. The van der Waals surface area contributed by atoms with E-state index in [0.29, 0.717) is 38.9 Å². The Morgan fingerprint density at radius 3 is 2.52 bits per heavy atom. The molecular formula is C16H25BrIN5O2. The number of carbonyl (C=O) groups is 2. The van der Waals surface area contributed by atoms with Crippen LogP contribution in [0.5, 0.6) is 0 Å². The number of aliphatic imine (C=N–C) groups is 1. The van der Waals surface area contributed by atoms with Crippen molar-refractivity contribution in [3.05, 3.63) is 22.4 Å². The normalized spacial score (nSPS) is 15.2. The van der Waals surface area contributed by atoms with Crippen LogP contribution in [0.4, 0.5) is 0 Å². The summed E-state index contributed by atoms with van der Waals surface area (Å²) < 4.78 is 3.09. The number of carbonyl (C=O) groups excluding carboxylic acids is 2. The molecule has 0 spiro atoms. The molecule has 1 fully saturated rings. The molecule has 1 saturated heterocycles. The Morgan fingerprint density at radius 1 is 1.36 bits per heavy atom. The number of likely N-dealkylation sites (tertiary alicyclic amines) is 1. The van der Waals surface area contributed by atoms with Crippen LogP contribution in [0.3, 0.4) is 0 Å². The average molecular weight is 526 g/mol. The molecule has 0 bridgehead atoms. The quantitative estimate of drug-likeness (QED) is 0.276.